The minimum Gasteiger partial charge on any atom is -0.462 e. The molecule has 150 valence electrons. The van der Waals surface area contributed by atoms with E-state index in [-0.39, 0.29) is 35.4 Å². The first-order chi connectivity index (χ1) is 14.0. The first-order valence-electron chi connectivity index (χ1n) is 8.91. The van der Waals surface area contributed by atoms with Crippen LogP contribution in [0.15, 0.2) is 46.7 Å². The lowest BCUT2D eigenvalue weighted by Crippen LogP contribution is -2.23. The van der Waals surface area contributed by atoms with E-state index >= 15 is 0 Å². The van der Waals surface area contributed by atoms with Crippen molar-refractivity contribution in [2.45, 2.75) is 13.8 Å². The Kier molecular flexibility index (Phi) is 6.23. The molecule has 3 rings (SSSR count). The van der Waals surface area contributed by atoms with Gasteiger partial charge in [-0.1, -0.05) is 6.07 Å². The zero-order valence-corrected chi connectivity index (χ0v) is 16.6. The lowest BCUT2D eigenvalue weighted by atomic mass is 10.1. The molecular formula is C21H18FNO5S. The van der Waals surface area contributed by atoms with Crippen LogP contribution in [0.25, 0.3) is 22.7 Å². The van der Waals surface area contributed by atoms with Crippen molar-refractivity contribution < 1.29 is 23.5 Å². The van der Waals surface area contributed by atoms with Crippen molar-refractivity contribution in [3.05, 3.63) is 68.4 Å². The number of hydrogen-bond acceptors (Lipinski definition) is 6. The molecule has 0 spiro atoms. The summed E-state index contributed by atoms with van der Waals surface area (Å²) in [6.07, 6.45) is 2.82. The molecule has 3 aromatic rings. The van der Waals surface area contributed by atoms with Gasteiger partial charge in [0.25, 0.3) is 0 Å². The topological polar surface area (TPSA) is 74.6 Å². The number of carbonyl (C=O) groups excluding carboxylic acids is 2. The van der Waals surface area contributed by atoms with E-state index < -0.39 is 23.2 Å². The molecule has 0 fully saturated rings. The molecule has 0 aliphatic rings. The average Bonchev–Trinajstić information content (AvgIpc) is 3.20. The second-order valence-corrected chi connectivity index (χ2v) is 6.87. The fourth-order valence-electron chi connectivity index (χ4n) is 2.80. The summed E-state index contributed by atoms with van der Waals surface area (Å²) in [5.41, 5.74) is -0.628. The molecule has 2 aromatic heterocycles. The van der Waals surface area contributed by atoms with E-state index in [9.17, 15) is 18.8 Å². The second kappa shape index (κ2) is 8.83. The minimum absolute atomic E-state index is 0.0445. The third-order valence-electron chi connectivity index (χ3n) is 4.03. The Morgan fingerprint density at radius 2 is 1.93 bits per heavy atom. The quantitative estimate of drug-likeness (QED) is 0.450. The number of pyridine rings is 1. The van der Waals surface area contributed by atoms with Gasteiger partial charge in [-0.2, -0.15) is 0 Å². The SMILES string of the molecule is CCOC(=O)/C(=C/c1cccs1)n1cc(C(=O)OCC)c(=O)c2cc(F)ccc21. The van der Waals surface area contributed by atoms with Crippen LogP contribution in [0.2, 0.25) is 0 Å². The summed E-state index contributed by atoms with van der Waals surface area (Å²) < 4.78 is 25.3. The number of nitrogens with zero attached hydrogens (tertiary/aromatic N) is 1. The molecular weight excluding hydrogens is 397 g/mol. The van der Waals surface area contributed by atoms with Crippen LogP contribution in [0.4, 0.5) is 4.39 Å². The Balaban J connectivity index is 2.35. The van der Waals surface area contributed by atoms with E-state index in [1.165, 1.54) is 34.2 Å². The molecule has 2 heterocycles. The van der Waals surface area contributed by atoms with Gasteiger partial charge < -0.3 is 14.0 Å². The van der Waals surface area contributed by atoms with Crippen LogP contribution in [0, 0.1) is 5.82 Å². The summed E-state index contributed by atoms with van der Waals surface area (Å²) in [6.45, 7) is 3.48. The Hall–Kier alpha value is -3.26. The van der Waals surface area contributed by atoms with E-state index in [2.05, 4.69) is 0 Å². The molecule has 0 aliphatic heterocycles. The molecule has 6 nitrogen and oxygen atoms in total. The zero-order chi connectivity index (χ0) is 21.0. The number of esters is 2. The highest BCUT2D eigenvalue weighted by Gasteiger charge is 2.22. The van der Waals surface area contributed by atoms with Crippen molar-refractivity contribution in [1.29, 1.82) is 0 Å². The molecule has 0 N–H and O–H groups in total. The Labute approximate surface area is 169 Å². The van der Waals surface area contributed by atoms with Gasteiger partial charge >= 0.3 is 11.9 Å². The number of rotatable bonds is 6. The number of halogens is 1. The highest BCUT2D eigenvalue weighted by atomic mass is 32.1. The Bertz CT molecular complexity index is 1150. The molecule has 0 atom stereocenters. The fourth-order valence-corrected chi connectivity index (χ4v) is 3.45. The van der Waals surface area contributed by atoms with Crippen LogP contribution in [0.1, 0.15) is 29.1 Å². The smallest absolute Gasteiger partial charge is 0.355 e. The van der Waals surface area contributed by atoms with Gasteiger partial charge in [-0.05, 0) is 49.6 Å². The van der Waals surface area contributed by atoms with Crippen LogP contribution < -0.4 is 5.43 Å². The third-order valence-corrected chi connectivity index (χ3v) is 4.85. The van der Waals surface area contributed by atoms with Crippen LogP contribution >= 0.6 is 11.3 Å². The summed E-state index contributed by atoms with van der Waals surface area (Å²) in [5.74, 6) is -2.14. The fraction of sp³-hybridized carbons (Fsp3) is 0.190. The summed E-state index contributed by atoms with van der Waals surface area (Å²) in [6, 6.07) is 7.21. The van der Waals surface area contributed by atoms with E-state index in [1.54, 1.807) is 26.0 Å². The molecule has 8 heteroatoms. The number of benzene rings is 1. The lowest BCUT2D eigenvalue weighted by molar-refractivity contribution is -0.136. The normalized spacial score (nSPS) is 11.5. The van der Waals surface area contributed by atoms with Crippen molar-refractivity contribution in [2.24, 2.45) is 0 Å². The number of ether oxygens (including phenoxy) is 2. The van der Waals surface area contributed by atoms with Gasteiger partial charge in [-0.15, -0.1) is 11.3 Å². The monoisotopic (exact) mass is 415 g/mol. The number of aromatic nitrogens is 1. The molecule has 1 aromatic carbocycles. The summed E-state index contributed by atoms with van der Waals surface area (Å²) in [7, 11) is 0. The first-order valence-corrected chi connectivity index (χ1v) is 9.79. The predicted molar refractivity (Wildman–Crippen MR) is 109 cm³/mol. The van der Waals surface area contributed by atoms with Gasteiger partial charge in [-0.25, -0.2) is 14.0 Å². The second-order valence-electron chi connectivity index (χ2n) is 5.89. The number of thiophene rings is 1. The number of carbonyl (C=O) groups is 2. The van der Waals surface area contributed by atoms with Crippen LogP contribution in [0.3, 0.4) is 0 Å². The molecule has 0 bridgehead atoms. The third kappa shape index (κ3) is 4.27. The maximum atomic E-state index is 13.8. The van der Waals surface area contributed by atoms with Crippen LogP contribution in [-0.2, 0) is 14.3 Å². The van der Waals surface area contributed by atoms with Crippen molar-refractivity contribution in [2.75, 3.05) is 13.2 Å². The first kappa shape index (κ1) is 20.5. The average molecular weight is 415 g/mol. The minimum atomic E-state index is -0.850. The molecule has 0 saturated carbocycles. The van der Waals surface area contributed by atoms with Crippen molar-refractivity contribution in [3.63, 3.8) is 0 Å². The van der Waals surface area contributed by atoms with Crippen LogP contribution in [-0.4, -0.2) is 29.7 Å². The van der Waals surface area contributed by atoms with E-state index in [1.807, 2.05) is 11.4 Å². The molecule has 29 heavy (non-hydrogen) atoms. The predicted octanol–water partition coefficient (Wildman–Crippen LogP) is 3.94. The lowest BCUT2D eigenvalue weighted by Gasteiger charge is -2.15. The van der Waals surface area contributed by atoms with Gasteiger partial charge in [0, 0.05) is 16.5 Å². The molecule has 0 saturated heterocycles. The standard InChI is InChI=1S/C21H18FNO5S/c1-3-27-20(25)16-12-23(17-8-7-13(22)10-15(17)19(16)24)18(21(26)28-4-2)11-14-6-5-9-29-14/h5-12H,3-4H2,1-2H3/b18-11-. The highest BCUT2D eigenvalue weighted by molar-refractivity contribution is 7.10. The van der Waals surface area contributed by atoms with E-state index in [0.717, 1.165) is 10.9 Å². The number of fused-ring (bicyclic) bond motifs is 1. The van der Waals surface area contributed by atoms with Crippen molar-refractivity contribution in [1.82, 2.24) is 4.57 Å². The van der Waals surface area contributed by atoms with Crippen molar-refractivity contribution >= 4 is 46.0 Å². The maximum absolute atomic E-state index is 13.8. The van der Waals surface area contributed by atoms with Crippen LogP contribution in [0.5, 0.6) is 0 Å². The summed E-state index contributed by atoms with van der Waals surface area (Å²) in [4.78, 5) is 38.5. The van der Waals surface area contributed by atoms with Gasteiger partial charge in [0.05, 0.1) is 18.7 Å². The van der Waals surface area contributed by atoms with Gasteiger partial charge in [0.1, 0.15) is 17.1 Å². The largest absolute Gasteiger partial charge is 0.462 e. The van der Waals surface area contributed by atoms with Gasteiger partial charge in [0.2, 0.25) is 5.43 Å². The van der Waals surface area contributed by atoms with E-state index in [0.29, 0.717) is 0 Å². The maximum Gasteiger partial charge on any atom is 0.355 e. The molecule has 0 unspecified atom stereocenters. The van der Waals surface area contributed by atoms with Crippen molar-refractivity contribution in [3.8, 4) is 0 Å². The Morgan fingerprint density at radius 3 is 2.59 bits per heavy atom. The molecule has 0 amide bonds. The number of hydrogen-bond donors (Lipinski definition) is 0. The van der Waals surface area contributed by atoms with E-state index in [4.69, 9.17) is 9.47 Å². The van der Waals surface area contributed by atoms with Gasteiger partial charge in [-0.3, -0.25) is 4.79 Å². The Morgan fingerprint density at radius 1 is 1.17 bits per heavy atom. The summed E-state index contributed by atoms with van der Waals surface area (Å²) >= 11 is 1.40. The highest BCUT2D eigenvalue weighted by Crippen LogP contribution is 2.23. The van der Waals surface area contributed by atoms with Gasteiger partial charge in [0.15, 0.2) is 0 Å². The molecule has 0 radical (unpaired) electrons. The zero-order valence-electron chi connectivity index (χ0n) is 15.8. The molecule has 0 aliphatic carbocycles. The summed E-state index contributed by atoms with van der Waals surface area (Å²) in [5, 5.41) is 1.80.